The molecule has 0 radical (unpaired) electrons. The molecule has 1 aromatic rings. The minimum absolute atomic E-state index is 0.171. The average molecular weight is 239 g/mol. The zero-order valence-corrected chi connectivity index (χ0v) is 10.9. The molecule has 0 bridgehead atoms. The molecule has 0 aromatic heterocycles. The van der Waals surface area contributed by atoms with Crippen molar-refractivity contribution < 1.29 is 9.13 Å². The molecule has 0 aliphatic heterocycles. The Morgan fingerprint density at radius 3 is 2.65 bits per heavy atom. The average Bonchev–Trinajstić information content (AvgIpc) is 2.35. The Kier molecular flexibility index (Phi) is 5.98. The molecule has 0 fully saturated rings. The van der Waals surface area contributed by atoms with Gasteiger partial charge in [0.05, 0.1) is 7.11 Å². The number of methoxy groups -OCH3 is 1. The number of halogens is 1. The summed E-state index contributed by atoms with van der Waals surface area (Å²) >= 11 is 0. The van der Waals surface area contributed by atoms with Crippen LogP contribution in [0, 0.1) is 5.82 Å². The third-order valence-electron chi connectivity index (χ3n) is 3.01. The van der Waals surface area contributed by atoms with Crippen molar-refractivity contribution in [2.24, 2.45) is 0 Å². The van der Waals surface area contributed by atoms with Gasteiger partial charge in [0.1, 0.15) is 11.6 Å². The van der Waals surface area contributed by atoms with Gasteiger partial charge in [0.25, 0.3) is 0 Å². The lowest BCUT2D eigenvalue weighted by atomic mass is 10.0. The van der Waals surface area contributed by atoms with Crippen LogP contribution < -0.4 is 10.1 Å². The van der Waals surface area contributed by atoms with Gasteiger partial charge in [0.15, 0.2) is 0 Å². The number of benzene rings is 1. The SMILES string of the molecule is CCNC(CC)CCc1ccc(OC)cc1F. The van der Waals surface area contributed by atoms with E-state index in [4.69, 9.17) is 4.74 Å². The largest absolute Gasteiger partial charge is 0.497 e. The topological polar surface area (TPSA) is 21.3 Å². The summed E-state index contributed by atoms with van der Waals surface area (Å²) < 4.78 is 18.7. The Labute approximate surface area is 103 Å². The van der Waals surface area contributed by atoms with Crippen LogP contribution in [0.4, 0.5) is 4.39 Å². The quantitative estimate of drug-likeness (QED) is 0.789. The summed E-state index contributed by atoms with van der Waals surface area (Å²) in [6.07, 6.45) is 2.81. The van der Waals surface area contributed by atoms with Gasteiger partial charge in [-0.2, -0.15) is 0 Å². The Hall–Kier alpha value is -1.09. The van der Waals surface area contributed by atoms with Crippen molar-refractivity contribution >= 4 is 0 Å². The zero-order valence-electron chi connectivity index (χ0n) is 10.9. The summed E-state index contributed by atoms with van der Waals surface area (Å²) in [5, 5.41) is 3.40. The molecule has 17 heavy (non-hydrogen) atoms. The fraction of sp³-hybridized carbons (Fsp3) is 0.571. The standard InChI is InChI=1S/C14H22FNO/c1-4-12(16-5-2)8-6-11-7-9-13(17-3)10-14(11)15/h7,9-10,12,16H,4-6,8H2,1-3H3. The summed E-state index contributed by atoms with van der Waals surface area (Å²) in [6.45, 7) is 5.21. The molecule has 1 N–H and O–H groups in total. The van der Waals surface area contributed by atoms with Crippen molar-refractivity contribution in [3.63, 3.8) is 0 Å². The van der Waals surface area contributed by atoms with Gasteiger partial charge in [-0.25, -0.2) is 4.39 Å². The molecule has 3 heteroatoms. The maximum atomic E-state index is 13.7. The van der Waals surface area contributed by atoms with Crippen molar-refractivity contribution in [2.45, 2.75) is 39.2 Å². The van der Waals surface area contributed by atoms with E-state index in [1.54, 1.807) is 7.11 Å². The number of hydrogen-bond acceptors (Lipinski definition) is 2. The molecular formula is C14H22FNO. The second-order valence-electron chi connectivity index (χ2n) is 4.16. The third kappa shape index (κ3) is 4.35. The van der Waals surface area contributed by atoms with Crippen molar-refractivity contribution in [3.05, 3.63) is 29.6 Å². The van der Waals surface area contributed by atoms with Crippen LogP contribution in [-0.2, 0) is 6.42 Å². The van der Waals surface area contributed by atoms with E-state index in [0.29, 0.717) is 11.8 Å². The van der Waals surface area contributed by atoms with E-state index in [2.05, 4.69) is 19.2 Å². The van der Waals surface area contributed by atoms with Gasteiger partial charge in [-0.1, -0.05) is 19.9 Å². The first-order chi connectivity index (χ1) is 8.21. The molecule has 1 rings (SSSR count). The highest BCUT2D eigenvalue weighted by Crippen LogP contribution is 2.18. The Bertz CT molecular complexity index is 341. The fourth-order valence-electron chi connectivity index (χ4n) is 1.93. The van der Waals surface area contributed by atoms with Crippen LogP contribution in [0.2, 0.25) is 0 Å². The second kappa shape index (κ2) is 7.28. The van der Waals surface area contributed by atoms with Crippen molar-refractivity contribution in [3.8, 4) is 5.75 Å². The van der Waals surface area contributed by atoms with Gasteiger partial charge >= 0.3 is 0 Å². The van der Waals surface area contributed by atoms with Crippen LogP contribution in [0.25, 0.3) is 0 Å². The molecular weight excluding hydrogens is 217 g/mol. The lowest BCUT2D eigenvalue weighted by molar-refractivity contribution is 0.410. The van der Waals surface area contributed by atoms with E-state index in [1.165, 1.54) is 6.07 Å². The molecule has 0 spiro atoms. The van der Waals surface area contributed by atoms with Gasteiger partial charge in [-0.15, -0.1) is 0 Å². The molecule has 2 nitrogen and oxygen atoms in total. The highest BCUT2D eigenvalue weighted by molar-refractivity contribution is 5.28. The normalized spacial score (nSPS) is 12.5. The van der Waals surface area contributed by atoms with Gasteiger partial charge in [0, 0.05) is 12.1 Å². The van der Waals surface area contributed by atoms with E-state index < -0.39 is 0 Å². The Balaban J connectivity index is 2.56. The van der Waals surface area contributed by atoms with Gasteiger partial charge in [0.2, 0.25) is 0 Å². The molecule has 0 saturated carbocycles. The fourth-order valence-corrected chi connectivity index (χ4v) is 1.93. The predicted molar refractivity (Wildman–Crippen MR) is 69.0 cm³/mol. The van der Waals surface area contributed by atoms with E-state index in [0.717, 1.165) is 31.4 Å². The third-order valence-corrected chi connectivity index (χ3v) is 3.01. The first-order valence-corrected chi connectivity index (χ1v) is 6.27. The number of ether oxygens (including phenoxy) is 1. The van der Waals surface area contributed by atoms with Crippen LogP contribution >= 0.6 is 0 Å². The highest BCUT2D eigenvalue weighted by Gasteiger charge is 2.08. The predicted octanol–water partition coefficient (Wildman–Crippen LogP) is 3.16. The number of aryl methyl sites for hydroxylation is 1. The van der Waals surface area contributed by atoms with Crippen molar-refractivity contribution in [2.75, 3.05) is 13.7 Å². The minimum Gasteiger partial charge on any atom is -0.497 e. The summed E-state index contributed by atoms with van der Waals surface area (Å²) in [5.41, 5.74) is 0.766. The van der Waals surface area contributed by atoms with Crippen LogP contribution in [0.5, 0.6) is 5.75 Å². The smallest absolute Gasteiger partial charge is 0.130 e. The van der Waals surface area contributed by atoms with E-state index in [1.807, 2.05) is 12.1 Å². The monoisotopic (exact) mass is 239 g/mol. The Morgan fingerprint density at radius 2 is 2.12 bits per heavy atom. The number of nitrogens with one attached hydrogen (secondary N) is 1. The molecule has 1 unspecified atom stereocenters. The lowest BCUT2D eigenvalue weighted by Crippen LogP contribution is -2.28. The first-order valence-electron chi connectivity index (χ1n) is 6.27. The second-order valence-corrected chi connectivity index (χ2v) is 4.16. The molecule has 0 aliphatic rings. The van der Waals surface area contributed by atoms with E-state index in [9.17, 15) is 4.39 Å². The summed E-state index contributed by atoms with van der Waals surface area (Å²) in [4.78, 5) is 0. The van der Waals surface area contributed by atoms with Crippen LogP contribution in [0.15, 0.2) is 18.2 Å². The molecule has 0 saturated heterocycles. The van der Waals surface area contributed by atoms with Crippen LogP contribution in [0.1, 0.15) is 32.3 Å². The van der Waals surface area contributed by atoms with Gasteiger partial charge in [-0.05, 0) is 37.4 Å². The minimum atomic E-state index is -0.171. The first kappa shape index (κ1) is 14.0. The van der Waals surface area contributed by atoms with Gasteiger partial charge < -0.3 is 10.1 Å². The molecule has 0 amide bonds. The Morgan fingerprint density at radius 1 is 1.35 bits per heavy atom. The summed E-state index contributed by atoms with van der Waals surface area (Å²) in [5.74, 6) is 0.403. The van der Waals surface area contributed by atoms with E-state index >= 15 is 0 Å². The van der Waals surface area contributed by atoms with Gasteiger partial charge in [-0.3, -0.25) is 0 Å². The molecule has 0 heterocycles. The lowest BCUT2D eigenvalue weighted by Gasteiger charge is -2.15. The van der Waals surface area contributed by atoms with E-state index in [-0.39, 0.29) is 5.82 Å². The van der Waals surface area contributed by atoms with Crippen molar-refractivity contribution in [1.29, 1.82) is 0 Å². The molecule has 1 atom stereocenters. The molecule has 96 valence electrons. The summed E-state index contributed by atoms with van der Waals surface area (Å²) in [7, 11) is 1.55. The highest BCUT2D eigenvalue weighted by atomic mass is 19.1. The molecule has 0 aliphatic carbocycles. The maximum Gasteiger partial charge on any atom is 0.130 e. The number of hydrogen-bond donors (Lipinski definition) is 1. The van der Waals surface area contributed by atoms with Crippen LogP contribution in [-0.4, -0.2) is 19.7 Å². The maximum absolute atomic E-state index is 13.7. The number of rotatable bonds is 7. The van der Waals surface area contributed by atoms with Crippen LogP contribution in [0.3, 0.4) is 0 Å². The summed E-state index contributed by atoms with van der Waals surface area (Å²) in [6, 6.07) is 5.55. The zero-order chi connectivity index (χ0) is 12.7. The molecule has 1 aromatic carbocycles. The van der Waals surface area contributed by atoms with Crippen molar-refractivity contribution in [1.82, 2.24) is 5.32 Å².